The van der Waals surface area contributed by atoms with E-state index in [-0.39, 0.29) is 11.8 Å². The number of hydrogen-bond acceptors (Lipinski definition) is 2. The molecule has 2 aromatic carbocycles. The van der Waals surface area contributed by atoms with Gasteiger partial charge in [-0.15, -0.1) is 0 Å². The number of benzene rings is 2. The highest BCUT2D eigenvalue weighted by atomic mass is 16.2. The molecule has 4 nitrogen and oxygen atoms in total. The zero-order valence-electron chi connectivity index (χ0n) is 12.8. The van der Waals surface area contributed by atoms with Crippen LogP contribution < -0.4 is 5.32 Å². The first-order chi connectivity index (χ1) is 10.7. The van der Waals surface area contributed by atoms with Gasteiger partial charge in [0.1, 0.15) is 0 Å². The van der Waals surface area contributed by atoms with Crippen LogP contribution in [0.5, 0.6) is 0 Å². The van der Waals surface area contributed by atoms with Crippen LogP contribution in [0, 0.1) is 5.92 Å². The summed E-state index contributed by atoms with van der Waals surface area (Å²) in [6.07, 6.45) is 0.803. The molecule has 22 heavy (non-hydrogen) atoms. The average molecular weight is 293 g/mol. The number of carbonyl (C=O) groups is 1. The number of carbonyl (C=O) groups excluding carboxylic acids is 1. The Morgan fingerprint density at radius 1 is 1.14 bits per heavy atom. The third kappa shape index (κ3) is 2.60. The SMILES string of the molecule is CCC(C)C(=O)Nc1nc2ccccc2n1-c1ccccc1. The van der Waals surface area contributed by atoms with E-state index < -0.39 is 0 Å². The fourth-order valence-electron chi connectivity index (χ4n) is 2.37. The lowest BCUT2D eigenvalue weighted by atomic mass is 10.1. The summed E-state index contributed by atoms with van der Waals surface area (Å²) in [6.45, 7) is 3.93. The molecular formula is C18H19N3O. The quantitative estimate of drug-likeness (QED) is 0.790. The van der Waals surface area contributed by atoms with Crippen LogP contribution in [0.3, 0.4) is 0 Å². The van der Waals surface area contributed by atoms with Gasteiger partial charge in [0.15, 0.2) is 0 Å². The van der Waals surface area contributed by atoms with E-state index in [9.17, 15) is 4.79 Å². The molecule has 0 aliphatic rings. The summed E-state index contributed by atoms with van der Waals surface area (Å²) in [7, 11) is 0. The molecule has 0 spiro atoms. The zero-order valence-corrected chi connectivity index (χ0v) is 12.8. The van der Waals surface area contributed by atoms with Crippen LogP contribution in [0.15, 0.2) is 54.6 Å². The van der Waals surface area contributed by atoms with Gasteiger partial charge in [-0.05, 0) is 30.7 Å². The Morgan fingerprint density at radius 2 is 1.82 bits per heavy atom. The summed E-state index contributed by atoms with van der Waals surface area (Å²) in [6, 6.07) is 17.8. The Kier molecular flexibility index (Phi) is 3.92. The van der Waals surface area contributed by atoms with Gasteiger partial charge >= 0.3 is 0 Å². The number of nitrogens with one attached hydrogen (secondary N) is 1. The Balaban J connectivity index is 2.11. The van der Waals surface area contributed by atoms with E-state index in [1.807, 2.05) is 73.0 Å². The molecule has 1 unspecified atom stereocenters. The number of nitrogens with zero attached hydrogens (tertiary/aromatic N) is 2. The van der Waals surface area contributed by atoms with Crippen molar-refractivity contribution in [2.75, 3.05) is 5.32 Å². The van der Waals surface area contributed by atoms with Crippen molar-refractivity contribution in [1.29, 1.82) is 0 Å². The maximum absolute atomic E-state index is 12.2. The van der Waals surface area contributed by atoms with Gasteiger partial charge in [-0.1, -0.05) is 44.2 Å². The van der Waals surface area contributed by atoms with Crippen molar-refractivity contribution in [2.24, 2.45) is 5.92 Å². The molecule has 0 aliphatic heterocycles. The van der Waals surface area contributed by atoms with Gasteiger partial charge in [0, 0.05) is 11.6 Å². The first-order valence-electron chi connectivity index (χ1n) is 7.54. The van der Waals surface area contributed by atoms with Crippen LogP contribution in [0.1, 0.15) is 20.3 Å². The second-order valence-electron chi connectivity index (χ2n) is 5.39. The van der Waals surface area contributed by atoms with Crippen molar-refractivity contribution < 1.29 is 4.79 Å². The van der Waals surface area contributed by atoms with E-state index in [0.717, 1.165) is 23.1 Å². The highest BCUT2D eigenvalue weighted by Gasteiger charge is 2.17. The number of aromatic nitrogens is 2. The van der Waals surface area contributed by atoms with Crippen molar-refractivity contribution >= 4 is 22.9 Å². The van der Waals surface area contributed by atoms with Gasteiger partial charge in [0.2, 0.25) is 11.9 Å². The minimum Gasteiger partial charge on any atom is -0.295 e. The van der Waals surface area contributed by atoms with Crippen molar-refractivity contribution in [3.63, 3.8) is 0 Å². The molecule has 0 bridgehead atoms. The van der Waals surface area contributed by atoms with E-state index in [0.29, 0.717) is 5.95 Å². The van der Waals surface area contributed by atoms with Crippen LogP contribution in [-0.2, 0) is 4.79 Å². The number of para-hydroxylation sites is 3. The molecule has 1 atom stereocenters. The number of fused-ring (bicyclic) bond motifs is 1. The molecule has 0 radical (unpaired) electrons. The fourth-order valence-corrected chi connectivity index (χ4v) is 2.37. The molecular weight excluding hydrogens is 274 g/mol. The second-order valence-corrected chi connectivity index (χ2v) is 5.39. The number of amides is 1. The molecule has 0 saturated carbocycles. The van der Waals surface area contributed by atoms with Crippen LogP contribution in [0.25, 0.3) is 16.7 Å². The third-order valence-corrected chi connectivity index (χ3v) is 3.87. The monoisotopic (exact) mass is 293 g/mol. The highest BCUT2D eigenvalue weighted by molar-refractivity contribution is 5.93. The lowest BCUT2D eigenvalue weighted by Crippen LogP contribution is -2.21. The maximum Gasteiger partial charge on any atom is 0.229 e. The predicted octanol–water partition coefficient (Wildman–Crippen LogP) is 4.01. The zero-order chi connectivity index (χ0) is 15.5. The van der Waals surface area contributed by atoms with E-state index in [2.05, 4.69) is 10.3 Å². The molecule has 112 valence electrons. The number of hydrogen-bond donors (Lipinski definition) is 1. The minimum absolute atomic E-state index is 0.00464. The molecule has 0 aliphatic carbocycles. The smallest absolute Gasteiger partial charge is 0.229 e. The summed E-state index contributed by atoms with van der Waals surface area (Å²) < 4.78 is 1.98. The minimum atomic E-state index is -0.0379. The first-order valence-corrected chi connectivity index (χ1v) is 7.54. The first kappa shape index (κ1) is 14.3. The third-order valence-electron chi connectivity index (χ3n) is 3.87. The topological polar surface area (TPSA) is 46.9 Å². The lowest BCUT2D eigenvalue weighted by Gasteiger charge is -2.12. The normalized spacial score (nSPS) is 12.3. The van der Waals surface area contributed by atoms with Crippen LogP contribution in [0.2, 0.25) is 0 Å². The van der Waals surface area contributed by atoms with Crippen molar-refractivity contribution in [3.05, 3.63) is 54.6 Å². The van der Waals surface area contributed by atoms with E-state index in [4.69, 9.17) is 0 Å². The van der Waals surface area contributed by atoms with Crippen LogP contribution in [0.4, 0.5) is 5.95 Å². The molecule has 0 saturated heterocycles. The molecule has 1 aromatic heterocycles. The molecule has 3 rings (SSSR count). The summed E-state index contributed by atoms with van der Waals surface area (Å²) in [5.41, 5.74) is 2.83. The Labute approximate surface area is 129 Å². The number of imidazole rings is 1. The van der Waals surface area contributed by atoms with Gasteiger partial charge in [0.05, 0.1) is 11.0 Å². The van der Waals surface area contributed by atoms with Crippen molar-refractivity contribution in [3.8, 4) is 5.69 Å². The fraction of sp³-hybridized carbons (Fsp3) is 0.222. The van der Waals surface area contributed by atoms with Gasteiger partial charge in [-0.3, -0.25) is 14.7 Å². The van der Waals surface area contributed by atoms with Crippen molar-refractivity contribution in [1.82, 2.24) is 9.55 Å². The van der Waals surface area contributed by atoms with Gasteiger partial charge in [-0.2, -0.15) is 0 Å². The largest absolute Gasteiger partial charge is 0.295 e. The van der Waals surface area contributed by atoms with E-state index in [1.165, 1.54) is 0 Å². The van der Waals surface area contributed by atoms with Gasteiger partial charge in [0.25, 0.3) is 0 Å². The second kappa shape index (κ2) is 6.02. The Hall–Kier alpha value is -2.62. The summed E-state index contributed by atoms with van der Waals surface area (Å²) in [4.78, 5) is 16.8. The molecule has 4 heteroatoms. The van der Waals surface area contributed by atoms with Crippen LogP contribution >= 0.6 is 0 Å². The molecule has 3 aromatic rings. The number of anilines is 1. The van der Waals surface area contributed by atoms with Gasteiger partial charge in [-0.25, -0.2) is 4.98 Å². The van der Waals surface area contributed by atoms with E-state index in [1.54, 1.807) is 0 Å². The molecule has 1 amide bonds. The Bertz CT molecular complexity index is 792. The lowest BCUT2D eigenvalue weighted by molar-refractivity contribution is -0.119. The predicted molar refractivity (Wildman–Crippen MR) is 89.2 cm³/mol. The van der Waals surface area contributed by atoms with Crippen LogP contribution in [-0.4, -0.2) is 15.5 Å². The van der Waals surface area contributed by atoms with Gasteiger partial charge < -0.3 is 0 Å². The Morgan fingerprint density at radius 3 is 2.55 bits per heavy atom. The number of rotatable bonds is 4. The van der Waals surface area contributed by atoms with Crippen molar-refractivity contribution in [2.45, 2.75) is 20.3 Å². The summed E-state index contributed by atoms with van der Waals surface area (Å²) >= 11 is 0. The van der Waals surface area contributed by atoms with E-state index >= 15 is 0 Å². The summed E-state index contributed by atoms with van der Waals surface area (Å²) in [5, 5.41) is 2.96. The average Bonchev–Trinajstić information content (AvgIpc) is 2.92. The maximum atomic E-state index is 12.2. The molecule has 1 heterocycles. The standard InChI is InChI=1S/C18H19N3O/c1-3-13(2)17(22)20-18-19-15-11-7-8-12-16(15)21(18)14-9-5-4-6-10-14/h4-13H,3H2,1-2H3,(H,19,20,22). The molecule has 1 N–H and O–H groups in total. The summed E-state index contributed by atoms with van der Waals surface area (Å²) in [5.74, 6) is 0.525. The molecule has 0 fully saturated rings. The highest BCUT2D eigenvalue weighted by Crippen LogP contribution is 2.24.